The summed E-state index contributed by atoms with van der Waals surface area (Å²) in [5, 5.41) is 0. The quantitative estimate of drug-likeness (QED) is 0.680. The summed E-state index contributed by atoms with van der Waals surface area (Å²) in [6.07, 6.45) is 7.35. The van der Waals surface area contributed by atoms with E-state index in [1.54, 1.807) is 6.92 Å². The molecule has 3 heteroatoms. The average Bonchev–Trinajstić information content (AvgIpc) is 3.31. The molecule has 0 radical (unpaired) electrons. The van der Waals surface area contributed by atoms with Crippen molar-refractivity contribution in [1.29, 1.82) is 0 Å². The lowest BCUT2D eigenvalue weighted by Crippen LogP contribution is -2.18. The zero-order valence-electron chi connectivity index (χ0n) is 14.7. The molecule has 1 aliphatic heterocycles. The van der Waals surface area contributed by atoms with Crippen LogP contribution in [-0.2, 0) is 14.9 Å². The molecule has 0 amide bonds. The van der Waals surface area contributed by atoms with Crippen molar-refractivity contribution >= 4 is 21.7 Å². The number of carbonyl (C=O) groups excluding carboxylic acids is 1. The molecule has 1 aromatic rings. The van der Waals surface area contributed by atoms with Crippen molar-refractivity contribution in [3.05, 3.63) is 33.8 Å². The minimum Gasteiger partial charge on any atom is -0.381 e. The van der Waals surface area contributed by atoms with E-state index in [1.165, 1.54) is 36.8 Å². The molecule has 0 spiro atoms. The molecule has 3 rings (SSSR count). The third-order valence-corrected chi connectivity index (χ3v) is 5.82. The molecule has 1 saturated carbocycles. The second kappa shape index (κ2) is 8.43. The maximum Gasteiger partial charge on any atom is 0.140 e. The zero-order chi connectivity index (χ0) is 16.9. The topological polar surface area (TPSA) is 26.3 Å². The van der Waals surface area contributed by atoms with Gasteiger partial charge in [0.05, 0.1) is 5.41 Å². The van der Waals surface area contributed by atoms with E-state index in [-0.39, 0.29) is 5.41 Å². The molecule has 2 nitrogen and oxygen atoms in total. The van der Waals surface area contributed by atoms with Crippen molar-refractivity contribution in [3.8, 4) is 0 Å². The molecule has 0 unspecified atom stereocenters. The van der Waals surface area contributed by atoms with Gasteiger partial charge in [-0.15, -0.1) is 0 Å². The van der Waals surface area contributed by atoms with Crippen LogP contribution in [0.4, 0.5) is 0 Å². The molecule has 0 atom stereocenters. The Morgan fingerprint density at radius 3 is 2.43 bits per heavy atom. The third-order valence-electron chi connectivity index (χ3n) is 5.16. The van der Waals surface area contributed by atoms with Crippen molar-refractivity contribution in [2.75, 3.05) is 13.2 Å². The van der Waals surface area contributed by atoms with Crippen LogP contribution in [0.25, 0.3) is 0 Å². The Kier molecular flexibility index (Phi) is 6.84. The van der Waals surface area contributed by atoms with Gasteiger partial charge in [-0.1, -0.05) is 47.8 Å². The summed E-state index contributed by atoms with van der Waals surface area (Å²) in [6, 6.07) is 6.10. The fourth-order valence-corrected chi connectivity index (χ4v) is 4.43. The standard InChI is InChI=1S/C12H13BrO.C8H16O/c1-8-4-3-5-10(13)11(8)12(6-7-12)9(2)14;1-2-3-8-4-6-9-7-5-8/h3-5H,6-7H2,1-2H3;8H,2-7H2,1H3. The van der Waals surface area contributed by atoms with E-state index in [2.05, 4.69) is 35.8 Å². The van der Waals surface area contributed by atoms with Crippen molar-refractivity contribution in [2.24, 2.45) is 5.92 Å². The highest BCUT2D eigenvalue weighted by molar-refractivity contribution is 9.10. The summed E-state index contributed by atoms with van der Waals surface area (Å²) < 4.78 is 6.32. The molecule has 1 saturated heterocycles. The average molecular weight is 381 g/mol. The molecule has 0 N–H and O–H groups in total. The summed E-state index contributed by atoms with van der Waals surface area (Å²) in [5.74, 6) is 1.27. The number of ketones is 1. The molecule has 2 fully saturated rings. The molecule has 1 aromatic carbocycles. The first-order valence-corrected chi connectivity index (χ1v) is 9.65. The fourth-order valence-electron chi connectivity index (χ4n) is 3.58. The Labute approximate surface area is 149 Å². The Morgan fingerprint density at radius 2 is 1.96 bits per heavy atom. The monoisotopic (exact) mass is 380 g/mol. The number of ether oxygens (including phenoxy) is 1. The Balaban J connectivity index is 0.000000185. The number of Topliss-reactive ketones (excluding diaryl/α,β-unsaturated/α-hetero) is 1. The highest BCUT2D eigenvalue weighted by Gasteiger charge is 2.50. The van der Waals surface area contributed by atoms with Crippen molar-refractivity contribution < 1.29 is 9.53 Å². The van der Waals surface area contributed by atoms with Gasteiger partial charge in [0.1, 0.15) is 5.78 Å². The van der Waals surface area contributed by atoms with Gasteiger partial charge in [-0.05, 0) is 62.6 Å². The molecular formula is C20H29BrO2. The largest absolute Gasteiger partial charge is 0.381 e. The number of halogens is 1. The Morgan fingerprint density at radius 1 is 1.30 bits per heavy atom. The summed E-state index contributed by atoms with van der Waals surface area (Å²) in [4.78, 5) is 11.6. The van der Waals surface area contributed by atoms with Gasteiger partial charge >= 0.3 is 0 Å². The van der Waals surface area contributed by atoms with Gasteiger partial charge in [0.15, 0.2) is 0 Å². The first kappa shape index (κ1) is 18.7. The van der Waals surface area contributed by atoms with E-state index < -0.39 is 0 Å². The van der Waals surface area contributed by atoms with Crippen LogP contribution in [0.5, 0.6) is 0 Å². The van der Waals surface area contributed by atoms with Crippen LogP contribution in [0.3, 0.4) is 0 Å². The van der Waals surface area contributed by atoms with Gasteiger partial charge in [0, 0.05) is 17.7 Å². The van der Waals surface area contributed by atoms with Crippen LogP contribution in [0.1, 0.15) is 63.5 Å². The van der Waals surface area contributed by atoms with Crippen LogP contribution in [0.2, 0.25) is 0 Å². The van der Waals surface area contributed by atoms with Gasteiger partial charge < -0.3 is 4.74 Å². The lowest BCUT2D eigenvalue weighted by atomic mass is 9.89. The van der Waals surface area contributed by atoms with Gasteiger partial charge in [-0.3, -0.25) is 4.79 Å². The molecule has 1 heterocycles. The molecular weight excluding hydrogens is 352 g/mol. The molecule has 2 aliphatic rings. The van der Waals surface area contributed by atoms with Gasteiger partial charge in [0.2, 0.25) is 0 Å². The number of rotatable bonds is 4. The highest BCUT2D eigenvalue weighted by atomic mass is 79.9. The molecule has 0 bridgehead atoms. The van der Waals surface area contributed by atoms with E-state index in [0.29, 0.717) is 5.78 Å². The molecule has 0 aromatic heterocycles. The maximum atomic E-state index is 11.6. The lowest BCUT2D eigenvalue weighted by Gasteiger charge is -2.20. The van der Waals surface area contributed by atoms with Gasteiger partial charge in [0.25, 0.3) is 0 Å². The number of benzene rings is 1. The van der Waals surface area contributed by atoms with Crippen LogP contribution in [-0.4, -0.2) is 19.0 Å². The minimum atomic E-state index is -0.163. The van der Waals surface area contributed by atoms with E-state index in [4.69, 9.17) is 4.74 Å². The summed E-state index contributed by atoms with van der Waals surface area (Å²) >= 11 is 3.54. The maximum absolute atomic E-state index is 11.6. The number of carbonyl (C=O) groups is 1. The number of hydrogen-bond acceptors (Lipinski definition) is 2. The predicted octanol–water partition coefficient (Wildman–Crippen LogP) is 5.59. The van der Waals surface area contributed by atoms with Gasteiger partial charge in [-0.25, -0.2) is 0 Å². The summed E-state index contributed by atoms with van der Waals surface area (Å²) in [5.41, 5.74) is 2.25. The summed E-state index contributed by atoms with van der Waals surface area (Å²) in [7, 11) is 0. The van der Waals surface area contributed by atoms with Gasteiger partial charge in [-0.2, -0.15) is 0 Å². The van der Waals surface area contributed by atoms with Crippen LogP contribution >= 0.6 is 15.9 Å². The third kappa shape index (κ3) is 4.67. The predicted molar refractivity (Wildman–Crippen MR) is 98.9 cm³/mol. The van der Waals surface area contributed by atoms with E-state index >= 15 is 0 Å². The van der Waals surface area contributed by atoms with Crippen LogP contribution in [0.15, 0.2) is 22.7 Å². The smallest absolute Gasteiger partial charge is 0.140 e. The van der Waals surface area contributed by atoms with E-state index in [1.807, 2.05) is 12.1 Å². The van der Waals surface area contributed by atoms with Crippen LogP contribution in [0, 0.1) is 12.8 Å². The SMILES string of the molecule is CC(=O)C1(c2c(C)cccc2Br)CC1.CCCC1CCOCC1. The second-order valence-electron chi connectivity index (χ2n) is 6.91. The Bertz CT molecular complexity index is 505. The van der Waals surface area contributed by atoms with Crippen molar-refractivity contribution in [3.63, 3.8) is 0 Å². The zero-order valence-corrected chi connectivity index (χ0v) is 16.2. The first-order chi connectivity index (χ1) is 11.0. The second-order valence-corrected chi connectivity index (χ2v) is 7.77. The first-order valence-electron chi connectivity index (χ1n) is 8.85. The normalized spacial score (nSPS) is 19.7. The van der Waals surface area contributed by atoms with E-state index in [9.17, 15) is 4.79 Å². The van der Waals surface area contributed by atoms with Crippen LogP contribution < -0.4 is 0 Å². The fraction of sp³-hybridized carbons (Fsp3) is 0.650. The Hall–Kier alpha value is -0.670. The van der Waals surface area contributed by atoms with E-state index in [0.717, 1.165) is 36.4 Å². The van der Waals surface area contributed by atoms with Crippen molar-refractivity contribution in [2.45, 2.75) is 64.7 Å². The lowest BCUT2D eigenvalue weighted by molar-refractivity contribution is -0.119. The minimum absolute atomic E-state index is 0.163. The van der Waals surface area contributed by atoms with Crippen molar-refractivity contribution in [1.82, 2.24) is 0 Å². The number of hydrogen-bond donors (Lipinski definition) is 0. The summed E-state index contributed by atoms with van der Waals surface area (Å²) in [6.45, 7) is 8.04. The molecule has 23 heavy (non-hydrogen) atoms. The molecule has 1 aliphatic carbocycles. The highest BCUT2D eigenvalue weighted by Crippen LogP contribution is 2.52. The molecule has 128 valence electrons. The number of aryl methyl sites for hydroxylation is 1.